The molecule has 0 bridgehead atoms. The second-order valence-electron chi connectivity index (χ2n) is 5.10. The van der Waals surface area contributed by atoms with Gasteiger partial charge in [0.1, 0.15) is 0 Å². The van der Waals surface area contributed by atoms with E-state index in [1.807, 2.05) is 6.92 Å². The van der Waals surface area contributed by atoms with Crippen molar-refractivity contribution in [1.82, 2.24) is 0 Å². The second kappa shape index (κ2) is 8.67. The Morgan fingerprint density at radius 1 is 1.10 bits per heavy atom. The van der Waals surface area contributed by atoms with Crippen molar-refractivity contribution in [2.24, 2.45) is 5.92 Å². The molecule has 1 atom stereocenters. The molecule has 1 aromatic rings. The quantitative estimate of drug-likeness (QED) is 0.675. The van der Waals surface area contributed by atoms with Crippen LogP contribution in [-0.4, -0.2) is 5.91 Å². The van der Waals surface area contributed by atoms with Gasteiger partial charge in [-0.05, 0) is 25.0 Å². The molecule has 20 heavy (non-hydrogen) atoms. The van der Waals surface area contributed by atoms with Gasteiger partial charge in [-0.15, -0.1) is 0 Å². The molecule has 0 aliphatic carbocycles. The highest BCUT2D eigenvalue weighted by atomic mass is 19.2. The van der Waals surface area contributed by atoms with Gasteiger partial charge in [-0.3, -0.25) is 4.79 Å². The molecule has 4 heteroatoms. The van der Waals surface area contributed by atoms with E-state index in [4.69, 9.17) is 0 Å². The van der Waals surface area contributed by atoms with Gasteiger partial charge < -0.3 is 5.32 Å². The third kappa shape index (κ3) is 5.27. The van der Waals surface area contributed by atoms with Crippen LogP contribution in [0.1, 0.15) is 52.4 Å². The summed E-state index contributed by atoms with van der Waals surface area (Å²) in [6, 6.07) is 3.42. The SMILES string of the molecule is CCCCCC(CCC)C(=O)Nc1ccc(F)c(F)c1. The van der Waals surface area contributed by atoms with E-state index in [1.54, 1.807) is 0 Å². The van der Waals surface area contributed by atoms with Crippen LogP contribution in [0, 0.1) is 17.6 Å². The van der Waals surface area contributed by atoms with E-state index in [9.17, 15) is 13.6 Å². The fourth-order valence-corrected chi connectivity index (χ4v) is 2.21. The Labute approximate surface area is 119 Å². The summed E-state index contributed by atoms with van der Waals surface area (Å²) in [5.74, 6) is -2.01. The first-order valence-electron chi connectivity index (χ1n) is 7.34. The number of benzene rings is 1. The van der Waals surface area contributed by atoms with Crippen LogP contribution < -0.4 is 5.32 Å². The van der Waals surface area contributed by atoms with Gasteiger partial charge in [0.25, 0.3) is 0 Å². The van der Waals surface area contributed by atoms with Crippen molar-refractivity contribution in [3.63, 3.8) is 0 Å². The molecule has 0 aliphatic rings. The highest BCUT2D eigenvalue weighted by Crippen LogP contribution is 2.19. The predicted octanol–water partition coefficient (Wildman–Crippen LogP) is 4.90. The number of nitrogens with one attached hydrogen (secondary N) is 1. The number of amides is 1. The van der Waals surface area contributed by atoms with Gasteiger partial charge in [0.2, 0.25) is 5.91 Å². The number of unbranched alkanes of at least 4 members (excludes halogenated alkanes) is 2. The molecule has 0 radical (unpaired) electrons. The third-order valence-electron chi connectivity index (χ3n) is 3.35. The van der Waals surface area contributed by atoms with E-state index in [1.165, 1.54) is 6.07 Å². The average molecular weight is 283 g/mol. The first-order valence-corrected chi connectivity index (χ1v) is 7.34. The summed E-state index contributed by atoms with van der Waals surface area (Å²) < 4.78 is 25.9. The van der Waals surface area contributed by atoms with Crippen molar-refractivity contribution in [2.75, 3.05) is 5.32 Å². The first kappa shape index (κ1) is 16.6. The number of carbonyl (C=O) groups excluding carboxylic acids is 1. The summed E-state index contributed by atoms with van der Waals surface area (Å²) in [5.41, 5.74) is 0.311. The van der Waals surface area contributed by atoms with Gasteiger partial charge in [0.15, 0.2) is 11.6 Å². The maximum Gasteiger partial charge on any atom is 0.227 e. The minimum Gasteiger partial charge on any atom is -0.326 e. The molecule has 0 spiro atoms. The van der Waals surface area contributed by atoms with Crippen LogP contribution in [-0.2, 0) is 4.79 Å². The van der Waals surface area contributed by atoms with Crippen LogP contribution in [0.2, 0.25) is 0 Å². The average Bonchev–Trinajstić information content (AvgIpc) is 2.42. The minimum atomic E-state index is -0.944. The van der Waals surface area contributed by atoms with E-state index < -0.39 is 11.6 Å². The Morgan fingerprint density at radius 2 is 1.85 bits per heavy atom. The smallest absolute Gasteiger partial charge is 0.227 e. The number of carbonyl (C=O) groups is 1. The minimum absolute atomic E-state index is 0.0559. The van der Waals surface area contributed by atoms with Gasteiger partial charge >= 0.3 is 0 Å². The summed E-state index contributed by atoms with van der Waals surface area (Å²) >= 11 is 0. The number of hydrogen-bond donors (Lipinski definition) is 1. The molecule has 1 amide bonds. The lowest BCUT2D eigenvalue weighted by atomic mass is 9.95. The van der Waals surface area contributed by atoms with Crippen molar-refractivity contribution in [2.45, 2.75) is 52.4 Å². The zero-order valence-electron chi connectivity index (χ0n) is 12.2. The highest BCUT2D eigenvalue weighted by molar-refractivity contribution is 5.92. The first-order chi connectivity index (χ1) is 9.58. The molecule has 0 saturated carbocycles. The monoisotopic (exact) mass is 283 g/mol. The zero-order chi connectivity index (χ0) is 15.0. The molecule has 1 rings (SSSR count). The van der Waals surface area contributed by atoms with Crippen molar-refractivity contribution < 1.29 is 13.6 Å². The molecule has 1 unspecified atom stereocenters. The maximum atomic E-state index is 13.1. The van der Waals surface area contributed by atoms with Gasteiger partial charge in [-0.25, -0.2) is 8.78 Å². The second-order valence-corrected chi connectivity index (χ2v) is 5.10. The summed E-state index contributed by atoms with van der Waals surface area (Å²) in [7, 11) is 0. The van der Waals surface area contributed by atoms with E-state index in [0.29, 0.717) is 5.69 Å². The van der Waals surface area contributed by atoms with Crippen LogP contribution in [0.4, 0.5) is 14.5 Å². The lowest BCUT2D eigenvalue weighted by Crippen LogP contribution is -2.23. The summed E-state index contributed by atoms with van der Waals surface area (Å²) in [6.07, 6.45) is 5.84. The van der Waals surface area contributed by atoms with Gasteiger partial charge in [0.05, 0.1) is 0 Å². The number of anilines is 1. The Hall–Kier alpha value is -1.45. The topological polar surface area (TPSA) is 29.1 Å². The zero-order valence-corrected chi connectivity index (χ0v) is 12.2. The number of rotatable bonds is 8. The van der Waals surface area contributed by atoms with Crippen LogP contribution in [0.15, 0.2) is 18.2 Å². The molecular weight excluding hydrogens is 260 g/mol. The molecule has 0 heterocycles. The van der Waals surface area contributed by atoms with Crippen LogP contribution in [0.25, 0.3) is 0 Å². The predicted molar refractivity (Wildman–Crippen MR) is 77.5 cm³/mol. The van der Waals surface area contributed by atoms with E-state index in [-0.39, 0.29) is 11.8 Å². The Morgan fingerprint density at radius 3 is 2.45 bits per heavy atom. The molecule has 0 fully saturated rings. The van der Waals surface area contributed by atoms with E-state index in [2.05, 4.69) is 12.2 Å². The fraction of sp³-hybridized carbons (Fsp3) is 0.562. The van der Waals surface area contributed by atoms with Crippen LogP contribution >= 0.6 is 0 Å². The maximum absolute atomic E-state index is 13.1. The van der Waals surface area contributed by atoms with E-state index >= 15 is 0 Å². The fourth-order valence-electron chi connectivity index (χ4n) is 2.21. The molecule has 0 aliphatic heterocycles. The lowest BCUT2D eigenvalue weighted by Gasteiger charge is -2.16. The Kier molecular flexibility index (Phi) is 7.20. The standard InChI is InChI=1S/C16H23F2NO/c1-3-5-6-8-12(7-4-2)16(20)19-13-9-10-14(17)15(18)11-13/h9-12H,3-8H2,1-2H3,(H,19,20). The van der Waals surface area contributed by atoms with Crippen LogP contribution in [0.5, 0.6) is 0 Å². The van der Waals surface area contributed by atoms with Gasteiger partial charge in [-0.1, -0.05) is 39.5 Å². The Bertz CT molecular complexity index is 434. The molecule has 1 aromatic carbocycles. The van der Waals surface area contributed by atoms with Crippen molar-refractivity contribution in [3.05, 3.63) is 29.8 Å². The van der Waals surface area contributed by atoms with Gasteiger partial charge in [0, 0.05) is 17.7 Å². The summed E-state index contributed by atoms with van der Waals surface area (Å²) in [6.45, 7) is 4.16. The molecular formula is C16H23F2NO. The molecule has 1 N–H and O–H groups in total. The summed E-state index contributed by atoms with van der Waals surface area (Å²) in [5, 5.41) is 2.68. The van der Waals surface area contributed by atoms with E-state index in [0.717, 1.165) is 50.7 Å². The van der Waals surface area contributed by atoms with Gasteiger partial charge in [-0.2, -0.15) is 0 Å². The van der Waals surface area contributed by atoms with Crippen LogP contribution in [0.3, 0.4) is 0 Å². The molecule has 112 valence electrons. The summed E-state index contributed by atoms with van der Waals surface area (Å²) in [4.78, 5) is 12.2. The largest absolute Gasteiger partial charge is 0.326 e. The molecule has 2 nitrogen and oxygen atoms in total. The van der Waals surface area contributed by atoms with Crippen molar-refractivity contribution in [1.29, 1.82) is 0 Å². The van der Waals surface area contributed by atoms with Crippen molar-refractivity contribution >= 4 is 11.6 Å². The number of hydrogen-bond acceptors (Lipinski definition) is 1. The number of halogens is 2. The Balaban J connectivity index is 2.62. The lowest BCUT2D eigenvalue weighted by molar-refractivity contribution is -0.120. The molecule has 0 aromatic heterocycles. The van der Waals surface area contributed by atoms with Crippen molar-refractivity contribution in [3.8, 4) is 0 Å². The third-order valence-corrected chi connectivity index (χ3v) is 3.35. The normalized spacial score (nSPS) is 12.2. The molecule has 0 saturated heterocycles. The highest BCUT2D eigenvalue weighted by Gasteiger charge is 2.17.